The lowest BCUT2D eigenvalue weighted by atomic mass is 10.3. The predicted molar refractivity (Wildman–Crippen MR) is 69.1 cm³/mol. The van der Waals surface area contributed by atoms with E-state index in [2.05, 4.69) is 5.32 Å². The topological polar surface area (TPSA) is 72.8 Å². The van der Waals surface area contributed by atoms with Gasteiger partial charge in [-0.2, -0.15) is 0 Å². The van der Waals surface area contributed by atoms with Crippen LogP contribution in [0.25, 0.3) is 0 Å². The zero-order valence-electron chi connectivity index (χ0n) is 9.31. The monoisotopic (exact) mass is 290 g/mol. The summed E-state index contributed by atoms with van der Waals surface area (Å²) in [7, 11) is 0. The minimum absolute atomic E-state index is 0.0985. The van der Waals surface area contributed by atoms with Crippen LogP contribution in [0.2, 0.25) is 10.0 Å². The van der Waals surface area contributed by atoms with Gasteiger partial charge < -0.3 is 20.4 Å². The van der Waals surface area contributed by atoms with Gasteiger partial charge in [-0.05, 0) is 18.2 Å². The molecule has 2 atom stereocenters. The molecule has 1 aliphatic heterocycles. The normalized spacial score (nSPS) is 23.2. The maximum atomic E-state index is 11.8. The summed E-state index contributed by atoms with van der Waals surface area (Å²) in [5, 5.41) is 22.1. The van der Waals surface area contributed by atoms with Crippen molar-refractivity contribution in [2.45, 2.75) is 12.2 Å². The molecule has 1 fully saturated rings. The molecule has 0 aliphatic carbocycles. The fraction of sp³-hybridized carbons (Fsp3) is 0.364. The van der Waals surface area contributed by atoms with Crippen LogP contribution >= 0.6 is 23.2 Å². The van der Waals surface area contributed by atoms with E-state index in [4.69, 9.17) is 23.2 Å². The fourth-order valence-corrected chi connectivity index (χ4v) is 2.29. The summed E-state index contributed by atoms with van der Waals surface area (Å²) < 4.78 is 0. The molecule has 18 heavy (non-hydrogen) atoms. The fourth-order valence-electron chi connectivity index (χ4n) is 1.76. The number of likely N-dealkylation sites (tertiary alicyclic amines) is 1. The highest BCUT2D eigenvalue weighted by atomic mass is 35.5. The molecule has 7 heteroatoms. The van der Waals surface area contributed by atoms with Crippen molar-refractivity contribution in [2.24, 2.45) is 0 Å². The highest BCUT2D eigenvalue weighted by molar-refractivity contribution is 6.35. The van der Waals surface area contributed by atoms with Gasteiger partial charge in [0.2, 0.25) is 0 Å². The molecule has 2 rings (SSSR count). The van der Waals surface area contributed by atoms with Gasteiger partial charge in [0.05, 0.1) is 25.3 Å². The zero-order chi connectivity index (χ0) is 13.3. The Balaban J connectivity index is 2.03. The van der Waals surface area contributed by atoms with Crippen LogP contribution in [0.3, 0.4) is 0 Å². The second kappa shape index (κ2) is 5.32. The van der Waals surface area contributed by atoms with E-state index in [0.29, 0.717) is 15.7 Å². The third-order valence-corrected chi connectivity index (χ3v) is 3.10. The number of halogens is 2. The quantitative estimate of drug-likeness (QED) is 0.735. The van der Waals surface area contributed by atoms with Crippen molar-refractivity contribution in [2.75, 3.05) is 18.4 Å². The van der Waals surface area contributed by atoms with Crippen molar-refractivity contribution in [3.8, 4) is 0 Å². The van der Waals surface area contributed by atoms with Gasteiger partial charge >= 0.3 is 6.03 Å². The number of β-amino-alcohol motifs (C(OH)–C–C–N with tert-alkyl or cyclic N) is 2. The first-order valence-corrected chi connectivity index (χ1v) is 6.09. The van der Waals surface area contributed by atoms with Gasteiger partial charge in [-0.15, -0.1) is 0 Å². The Morgan fingerprint density at radius 1 is 1.17 bits per heavy atom. The van der Waals surface area contributed by atoms with Gasteiger partial charge in [-0.1, -0.05) is 23.2 Å². The van der Waals surface area contributed by atoms with Crippen LogP contribution in [0.4, 0.5) is 10.5 Å². The first-order chi connectivity index (χ1) is 8.45. The number of aliphatic hydroxyl groups is 2. The van der Waals surface area contributed by atoms with Crippen molar-refractivity contribution in [1.82, 2.24) is 4.90 Å². The summed E-state index contributed by atoms with van der Waals surface area (Å²) in [6.07, 6.45) is -1.81. The summed E-state index contributed by atoms with van der Waals surface area (Å²) >= 11 is 11.6. The van der Waals surface area contributed by atoms with Crippen molar-refractivity contribution in [1.29, 1.82) is 0 Å². The molecule has 0 saturated carbocycles. The summed E-state index contributed by atoms with van der Waals surface area (Å²) in [5.41, 5.74) is 0.466. The molecule has 0 bridgehead atoms. The summed E-state index contributed by atoms with van der Waals surface area (Å²) in [4.78, 5) is 13.2. The molecule has 0 unspecified atom stereocenters. The van der Waals surface area contributed by atoms with Crippen LogP contribution in [-0.2, 0) is 0 Å². The van der Waals surface area contributed by atoms with Crippen molar-refractivity contribution in [3.05, 3.63) is 28.2 Å². The molecular formula is C11H12Cl2N2O3. The number of urea groups is 1. The van der Waals surface area contributed by atoms with E-state index in [-0.39, 0.29) is 13.1 Å². The predicted octanol–water partition coefficient (Wildman–Crippen LogP) is 1.56. The molecule has 1 heterocycles. The maximum absolute atomic E-state index is 11.8. The lowest BCUT2D eigenvalue weighted by Crippen LogP contribution is -2.33. The molecular weight excluding hydrogens is 279 g/mol. The molecule has 5 nitrogen and oxygen atoms in total. The van der Waals surface area contributed by atoms with E-state index in [1.165, 1.54) is 4.90 Å². The molecule has 1 aromatic carbocycles. The van der Waals surface area contributed by atoms with Crippen molar-refractivity contribution < 1.29 is 15.0 Å². The number of carbonyl (C=O) groups is 1. The van der Waals surface area contributed by atoms with Crippen molar-refractivity contribution >= 4 is 34.9 Å². The Kier molecular flexibility index (Phi) is 3.97. The van der Waals surface area contributed by atoms with E-state index >= 15 is 0 Å². The smallest absolute Gasteiger partial charge is 0.322 e. The molecule has 3 N–H and O–H groups in total. The minimum atomic E-state index is -0.904. The van der Waals surface area contributed by atoms with Crippen LogP contribution in [0, 0.1) is 0 Å². The standard InChI is InChI=1S/C11H12Cl2N2O3/c12-6-1-7(13)3-8(2-6)14-11(18)15-4-9(16)10(17)5-15/h1-3,9-10,16-17H,4-5H2,(H,14,18)/t9-,10+. The molecule has 0 radical (unpaired) electrons. The molecule has 0 aromatic heterocycles. The molecule has 1 aromatic rings. The molecule has 98 valence electrons. The third kappa shape index (κ3) is 3.05. The number of aliphatic hydroxyl groups excluding tert-OH is 2. The lowest BCUT2D eigenvalue weighted by Gasteiger charge is -2.16. The third-order valence-electron chi connectivity index (χ3n) is 2.66. The zero-order valence-corrected chi connectivity index (χ0v) is 10.8. The molecule has 1 aliphatic rings. The molecule has 2 amide bonds. The number of hydrogen-bond donors (Lipinski definition) is 3. The number of nitrogens with zero attached hydrogens (tertiary/aromatic N) is 1. The van der Waals surface area contributed by atoms with Crippen LogP contribution in [0.1, 0.15) is 0 Å². The van der Waals surface area contributed by atoms with E-state index in [9.17, 15) is 15.0 Å². The number of rotatable bonds is 1. The van der Waals surface area contributed by atoms with Gasteiger partial charge in [-0.3, -0.25) is 0 Å². The second-order valence-corrected chi connectivity index (χ2v) is 5.00. The first kappa shape index (κ1) is 13.4. The van der Waals surface area contributed by atoms with E-state index in [1.807, 2.05) is 0 Å². The molecule has 0 spiro atoms. The number of nitrogens with one attached hydrogen (secondary N) is 1. The van der Waals surface area contributed by atoms with Gasteiger partial charge in [0.1, 0.15) is 0 Å². The Morgan fingerprint density at radius 3 is 2.17 bits per heavy atom. The van der Waals surface area contributed by atoms with Crippen LogP contribution < -0.4 is 5.32 Å². The summed E-state index contributed by atoms with van der Waals surface area (Å²) in [5.74, 6) is 0. The van der Waals surface area contributed by atoms with E-state index in [0.717, 1.165) is 0 Å². The summed E-state index contributed by atoms with van der Waals surface area (Å²) in [6.45, 7) is 0.197. The van der Waals surface area contributed by atoms with Crippen LogP contribution in [0.5, 0.6) is 0 Å². The lowest BCUT2D eigenvalue weighted by molar-refractivity contribution is 0.0572. The molecule has 1 saturated heterocycles. The van der Waals surface area contributed by atoms with Crippen molar-refractivity contribution in [3.63, 3.8) is 0 Å². The largest absolute Gasteiger partial charge is 0.388 e. The van der Waals surface area contributed by atoms with E-state index < -0.39 is 18.2 Å². The average molecular weight is 291 g/mol. The van der Waals surface area contributed by atoms with Gasteiger partial charge in [0.15, 0.2) is 0 Å². The Labute approximate surface area is 114 Å². The number of carbonyl (C=O) groups excluding carboxylic acids is 1. The summed E-state index contributed by atoms with van der Waals surface area (Å²) in [6, 6.07) is 4.27. The first-order valence-electron chi connectivity index (χ1n) is 5.34. The van der Waals surface area contributed by atoms with Crippen LogP contribution in [0.15, 0.2) is 18.2 Å². The van der Waals surface area contributed by atoms with Gasteiger partial charge in [0.25, 0.3) is 0 Å². The second-order valence-electron chi connectivity index (χ2n) is 4.13. The highest BCUT2D eigenvalue weighted by Crippen LogP contribution is 2.23. The number of anilines is 1. The number of amides is 2. The van der Waals surface area contributed by atoms with E-state index in [1.54, 1.807) is 18.2 Å². The van der Waals surface area contributed by atoms with Gasteiger partial charge in [0, 0.05) is 15.7 Å². The highest BCUT2D eigenvalue weighted by Gasteiger charge is 2.32. The van der Waals surface area contributed by atoms with Crippen LogP contribution in [-0.4, -0.2) is 46.4 Å². The number of benzene rings is 1. The van der Waals surface area contributed by atoms with Gasteiger partial charge in [-0.25, -0.2) is 4.79 Å². The minimum Gasteiger partial charge on any atom is -0.388 e. The average Bonchev–Trinajstić information content (AvgIpc) is 2.57. The Morgan fingerprint density at radius 2 is 1.67 bits per heavy atom. The Bertz CT molecular complexity index is 439. The Hall–Kier alpha value is -1.01. The maximum Gasteiger partial charge on any atom is 0.322 e. The SMILES string of the molecule is O=C(Nc1cc(Cl)cc(Cl)c1)N1C[C@@H](O)[C@@H](O)C1. The number of hydrogen-bond acceptors (Lipinski definition) is 3.